The van der Waals surface area contributed by atoms with Crippen LogP contribution >= 0.6 is 11.8 Å². The lowest BCUT2D eigenvalue weighted by Gasteiger charge is -2.30. The molecule has 2 aromatic heterocycles. The maximum atomic E-state index is 13.5. The fraction of sp³-hybridized carbons (Fsp3) is 0.436. The molecular weight excluding hydrogens is 709 g/mol. The monoisotopic (exact) mass is 756 g/mol. The highest BCUT2D eigenvalue weighted by Gasteiger charge is 2.39. The molecular formula is C39H48N8O6S. The number of amides is 4. The predicted octanol–water partition coefficient (Wildman–Crippen LogP) is 6.13. The number of alkyl carbamates (subject to hydrolysis) is 2. The minimum absolute atomic E-state index is 0.105. The molecule has 2 fully saturated rings. The number of imidazole rings is 2. The number of rotatable bonds is 11. The topological polar surface area (TPSA) is 175 Å². The van der Waals surface area contributed by atoms with Crippen molar-refractivity contribution >= 4 is 35.8 Å². The number of aromatic nitrogens is 4. The van der Waals surface area contributed by atoms with Gasteiger partial charge in [0.25, 0.3) is 0 Å². The lowest BCUT2D eigenvalue weighted by molar-refractivity contribution is -0.136. The Bertz CT molecular complexity index is 1800. The van der Waals surface area contributed by atoms with Gasteiger partial charge in [0.05, 0.1) is 44.0 Å². The Morgan fingerprint density at radius 3 is 1.67 bits per heavy atom. The van der Waals surface area contributed by atoms with Crippen LogP contribution in [-0.4, -0.2) is 98.9 Å². The number of nitrogens with one attached hydrogen (secondary N) is 4. The van der Waals surface area contributed by atoms with Gasteiger partial charge in [0.1, 0.15) is 29.1 Å². The average Bonchev–Trinajstić information content (AvgIpc) is 4.02. The molecule has 0 aliphatic carbocycles. The van der Waals surface area contributed by atoms with Crippen LogP contribution in [0.25, 0.3) is 33.6 Å². The van der Waals surface area contributed by atoms with E-state index in [2.05, 4.69) is 54.8 Å². The molecule has 286 valence electrons. The van der Waals surface area contributed by atoms with E-state index in [0.29, 0.717) is 18.9 Å². The zero-order valence-corrected chi connectivity index (χ0v) is 32.2. The summed E-state index contributed by atoms with van der Waals surface area (Å²) in [5, 5.41) is 5.08. The fourth-order valence-corrected chi connectivity index (χ4v) is 8.13. The number of nitrogens with zero attached hydrogens (tertiary/aromatic N) is 4. The summed E-state index contributed by atoms with van der Waals surface area (Å²) in [6.07, 6.45) is 3.96. The maximum absolute atomic E-state index is 13.5. The van der Waals surface area contributed by atoms with Crippen LogP contribution in [0.2, 0.25) is 0 Å². The molecule has 6 rings (SSSR count). The molecule has 0 spiro atoms. The number of hydrogen-bond donors (Lipinski definition) is 4. The number of hydrogen-bond acceptors (Lipinski definition) is 9. The molecule has 2 aliphatic heterocycles. The van der Waals surface area contributed by atoms with Crippen molar-refractivity contribution in [3.8, 4) is 33.6 Å². The van der Waals surface area contributed by atoms with Crippen LogP contribution in [0.5, 0.6) is 0 Å². The van der Waals surface area contributed by atoms with Crippen molar-refractivity contribution in [2.24, 2.45) is 11.8 Å². The van der Waals surface area contributed by atoms with Crippen LogP contribution in [0.1, 0.15) is 63.6 Å². The third-order valence-corrected chi connectivity index (χ3v) is 11.2. The number of carbonyl (C=O) groups is 4. The second kappa shape index (κ2) is 16.8. The van der Waals surface area contributed by atoms with Crippen LogP contribution < -0.4 is 10.6 Å². The predicted molar refractivity (Wildman–Crippen MR) is 206 cm³/mol. The maximum Gasteiger partial charge on any atom is 0.407 e. The number of likely N-dealkylation sites (tertiary alicyclic amines) is 1. The average molecular weight is 757 g/mol. The van der Waals surface area contributed by atoms with E-state index in [1.54, 1.807) is 34.0 Å². The van der Waals surface area contributed by atoms with Gasteiger partial charge in [0, 0.05) is 18.8 Å². The first-order valence-electron chi connectivity index (χ1n) is 18.2. The Kier molecular flexibility index (Phi) is 11.9. The molecule has 2 saturated heterocycles. The first-order chi connectivity index (χ1) is 26.0. The first-order valence-corrected chi connectivity index (χ1v) is 19.3. The lowest BCUT2D eigenvalue weighted by atomic mass is 10.0. The molecule has 0 saturated carbocycles. The third kappa shape index (κ3) is 8.25. The number of H-pyrrole nitrogens is 2. The number of benzene rings is 2. The largest absolute Gasteiger partial charge is 0.453 e. The van der Waals surface area contributed by atoms with E-state index in [-0.39, 0.29) is 35.1 Å². The number of methoxy groups -OCH3 is 2. The number of carbonyl (C=O) groups excluding carboxylic acids is 4. The quantitative estimate of drug-likeness (QED) is 0.140. The Morgan fingerprint density at radius 2 is 1.17 bits per heavy atom. The Labute approximate surface area is 319 Å². The zero-order chi connectivity index (χ0) is 38.5. The van der Waals surface area contributed by atoms with Gasteiger partial charge in [0.15, 0.2) is 0 Å². The van der Waals surface area contributed by atoms with Crippen LogP contribution in [0.3, 0.4) is 0 Å². The highest BCUT2D eigenvalue weighted by atomic mass is 32.2. The van der Waals surface area contributed by atoms with Gasteiger partial charge in [-0.25, -0.2) is 19.6 Å². The SMILES string of the molecule is COC(=O)NC(C(=O)N1CCS[C@H]1c1ncc(-c2ccc(-c3ccc(-c4cnc([C@@H]5CCCN5C(=O)[C@@H](NC(=O)OC)C(C)C)[nH]4)cc3)cc2)[nH]1)C(C)C. The van der Waals surface area contributed by atoms with Crippen molar-refractivity contribution in [1.29, 1.82) is 0 Å². The molecule has 0 bridgehead atoms. The van der Waals surface area contributed by atoms with E-state index in [1.807, 2.05) is 52.0 Å². The molecule has 54 heavy (non-hydrogen) atoms. The van der Waals surface area contributed by atoms with E-state index >= 15 is 0 Å². The van der Waals surface area contributed by atoms with Crippen molar-refractivity contribution in [1.82, 2.24) is 40.4 Å². The summed E-state index contributed by atoms with van der Waals surface area (Å²) in [5.41, 5.74) is 5.74. The van der Waals surface area contributed by atoms with Gasteiger partial charge < -0.3 is 39.9 Å². The van der Waals surface area contributed by atoms with Crippen LogP contribution in [0.4, 0.5) is 9.59 Å². The molecule has 1 unspecified atom stereocenters. The second-order valence-electron chi connectivity index (χ2n) is 14.2. The van der Waals surface area contributed by atoms with E-state index in [4.69, 9.17) is 9.47 Å². The molecule has 2 aromatic carbocycles. The van der Waals surface area contributed by atoms with Crippen molar-refractivity contribution in [2.75, 3.05) is 33.1 Å². The Morgan fingerprint density at radius 1 is 0.704 bits per heavy atom. The van der Waals surface area contributed by atoms with E-state index in [1.165, 1.54) is 14.2 Å². The number of thioether (sulfide) groups is 1. The summed E-state index contributed by atoms with van der Waals surface area (Å²) in [4.78, 5) is 70.6. The van der Waals surface area contributed by atoms with Gasteiger partial charge in [-0.1, -0.05) is 76.2 Å². The molecule has 4 heterocycles. The summed E-state index contributed by atoms with van der Waals surface area (Å²) in [7, 11) is 2.57. The summed E-state index contributed by atoms with van der Waals surface area (Å²) in [6.45, 7) is 8.73. The van der Waals surface area contributed by atoms with Gasteiger partial charge in [-0.2, -0.15) is 0 Å². The van der Waals surface area contributed by atoms with Crippen molar-refractivity contribution in [2.45, 2.75) is 64.0 Å². The van der Waals surface area contributed by atoms with E-state index in [0.717, 1.165) is 58.1 Å². The van der Waals surface area contributed by atoms with Gasteiger partial charge in [-0.05, 0) is 46.9 Å². The van der Waals surface area contributed by atoms with Crippen LogP contribution in [0.15, 0.2) is 60.9 Å². The van der Waals surface area contributed by atoms with E-state index < -0.39 is 24.3 Å². The summed E-state index contributed by atoms with van der Waals surface area (Å²) >= 11 is 1.64. The van der Waals surface area contributed by atoms with E-state index in [9.17, 15) is 19.2 Å². The normalized spacial score (nSPS) is 18.1. The third-order valence-electron chi connectivity index (χ3n) is 9.96. The summed E-state index contributed by atoms with van der Waals surface area (Å²) in [6, 6.07) is 14.9. The molecule has 2 aliphatic rings. The minimum atomic E-state index is -0.700. The number of ether oxygens (including phenoxy) is 2. The fourth-order valence-electron chi connectivity index (χ4n) is 6.94. The molecule has 4 atom stereocenters. The van der Waals surface area contributed by atoms with Gasteiger partial charge >= 0.3 is 12.2 Å². The van der Waals surface area contributed by atoms with Gasteiger partial charge in [0.2, 0.25) is 11.8 Å². The summed E-state index contributed by atoms with van der Waals surface area (Å²) in [5.74, 6) is 1.65. The van der Waals surface area contributed by atoms with Crippen molar-refractivity contribution in [3.63, 3.8) is 0 Å². The van der Waals surface area contributed by atoms with Crippen molar-refractivity contribution in [3.05, 3.63) is 72.6 Å². The second-order valence-corrected chi connectivity index (χ2v) is 15.4. The summed E-state index contributed by atoms with van der Waals surface area (Å²) < 4.78 is 9.49. The lowest BCUT2D eigenvalue weighted by Crippen LogP contribution is -2.51. The molecule has 0 radical (unpaired) electrons. The molecule has 14 nitrogen and oxygen atoms in total. The zero-order valence-electron chi connectivity index (χ0n) is 31.4. The first kappa shape index (κ1) is 38.4. The smallest absolute Gasteiger partial charge is 0.407 e. The Balaban J connectivity index is 1.11. The molecule has 4 amide bonds. The molecule has 15 heteroatoms. The van der Waals surface area contributed by atoms with Gasteiger partial charge in [-0.15, -0.1) is 11.8 Å². The Hall–Kier alpha value is -5.31. The molecule has 4 aromatic rings. The highest BCUT2D eigenvalue weighted by Crippen LogP contribution is 2.38. The van der Waals surface area contributed by atoms with Crippen LogP contribution in [0, 0.1) is 11.8 Å². The molecule has 4 N–H and O–H groups in total. The van der Waals surface area contributed by atoms with Crippen LogP contribution in [-0.2, 0) is 19.1 Å². The minimum Gasteiger partial charge on any atom is -0.453 e. The standard InChI is InChI=1S/C39H48N8O6S/c1-22(2)31(44-38(50)52-5)35(48)46-17-7-8-30(46)33-40-20-28(42-33)26-13-9-24(10-14-26)25-11-15-27(16-12-25)29-21-41-34(43-29)37-47(18-19-54-37)36(49)32(23(3)4)45-39(51)53-6/h9-16,20-23,30-32,37H,7-8,17-19H2,1-6H3,(H,40,42)(H,41,43)(H,44,50)(H,45,51)/t30-,31-,32?,37-/m0/s1. The highest BCUT2D eigenvalue weighted by molar-refractivity contribution is 7.99. The van der Waals surface area contributed by atoms with Crippen molar-refractivity contribution < 1.29 is 28.7 Å². The van der Waals surface area contributed by atoms with Gasteiger partial charge in [-0.3, -0.25) is 9.59 Å². The number of aromatic amines is 2.